The van der Waals surface area contributed by atoms with E-state index >= 15 is 0 Å². The van der Waals surface area contributed by atoms with Crippen LogP contribution in [0.4, 0.5) is 11.9 Å². The van der Waals surface area contributed by atoms with Crippen molar-refractivity contribution in [2.24, 2.45) is 0 Å². The van der Waals surface area contributed by atoms with E-state index in [0.717, 1.165) is 0 Å². The molecule has 2 N–H and O–H groups in total. The fraction of sp³-hybridized carbons (Fsp3) is 0.500. The van der Waals surface area contributed by atoms with E-state index in [1.54, 1.807) is 13.3 Å². The molecule has 2 rings (SSSR count). The molecule has 0 aliphatic heterocycles. The summed E-state index contributed by atoms with van der Waals surface area (Å²) in [6.45, 7) is 2.40. The lowest BCUT2D eigenvalue weighted by Gasteiger charge is -2.11. The molecule has 2 heterocycles. The molecule has 2 atom stereocenters. The Morgan fingerprint density at radius 3 is 2.70 bits per heavy atom. The van der Waals surface area contributed by atoms with Gasteiger partial charge in [0.05, 0.1) is 0 Å². The van der Waals surface area contributed by atoms with Crippen molar-refractivity contribution in [2.75, 3.05) is 30.5 Å². The van der Waals surface area contributed by atoms with E-state index < -0.39 is 10.8 Å². The molecule has 0 aliphatic rings. The van der Waals surface area contributed by atoms with Crippen molar-refractivity contribution in [2.45, 2.75) is 12.2 Å². The lowest BCUT2D eigenvalue weighted by Crippen LogP contribution is -2.22. The highest BCUT2D eigenvalue weighted by molar-refractivity contribution is 7.84. The molecule has 0 fully saturated rings. The zero-order valence-electron chi connectivity index (χ0n) is 11.4. The number of aromatic nitrogens is 6. The van der Waals surface area contributed by atoms with Gasteiger partial charge in [0.25, 0.3) is 5.95 Å². The van der Waals surface area contributed by atoms with Gasteiger partial charge in [-0.05, 0) is 6.92 Å². The van der Waals surface area contributed by atoms with Crippen LogP contribution in [0.15, 0.2) is 12.7 Å². The largest absolute Gasteiger partial charge is 0.357 e. The minimum atomic E-state index is -0.903. The van der Waals surface area contributed by atoms with Crippen LogP contribution < -0.4 is 10.6 Å². The van der Waals surface area contributed by atoms with Crippen molar-refractivity contribution < 1.29 is 4.21 Å². The predicted molar refractivity (Wildman–Crippen MR) is 76.3 cm³/mol. The fourth-order valence-corrected chi connectivity index (χ4v) is 1.64. The van der Waals surface area contributed by atoms with E-state index in [2.05, 4.69) is 35.7 Å². The van der Waals surface area contributed by atoms with E-state index in [9.17, 15) is 4.21 Å². The molecule has 108 valence electrons. The topological polar surface area (TPSA) is 111 Å². The van der Waals surface area contributed by atoms with Crippen molar-refractivity contribution >= 4 is 22.7 Å². The van der Waals surface area contributed by atoms with Gasteiger partial charge < -0.3 is 10.6 Å². The summed E-state index contributed by atoms with van der Waals surface area (Å²) in [6.07, 6.45) is 4.57. The summed E-state index contributed by atoms with van der Waals surface area (Å²) in [5.74, 6) is 1.17. The molecule has 0 aromatic carbocycles. The zero-order chi connectivity index (χ0) is 14.5. The standard InChI is InChI=1S/C10H16N8OS/c1-7(20(3)19)4-13-9-15-8(11-2)16-10(17-9)18-6-12-5-14-18/h5-7H,4H2,1-3H3,(H2,11,13,15,16,17). The monoisotopic (exact) mass is 296 g/mol. The van der Waals surface area contributed by atoms with Gasteiger partial charge in [0.1, 0.15) is 12.7 Å². The maximum atomic E-state index is 11.3. The molecule has 20 heavy (non-hydrogen) atoms. The van der Waals surface area contributed by atoms with Gasteiger partial charge in [0, 0.05) is 35.9 Å². The van der Waals surface area contributed by atoms with Crippen molar-refractivity contribution in [3.05, 3.63) is 12.7 Å². The Labute approximate surface area is 118 Å². The maximum Gasteiger partial charge on any atom is 0.258 e. The number of nitrogens with one attached hydrogen (secondary N) is 2. The van der Waals surface area contributed by atoms with E-state index in [1.807, 2.05) is 6.92 Å². The molecular formula is C10H16N8OS. The Morgan fingerprint density at radius 1 is 1.35 bits per heavy atom. The SMILES string of the molecule is CNc1nc(NCC(C)S(C)=O)nc(-n2cncn2)n1. The Morgan fingerprint density at radius 2 is 2.10 bits per heavy atom. The van der Waals surface area contributed by atoms with Crippen LogP contribution in [-0.4, -0.2) is 59.0 Å². The molecule has 0 saturated carbocycles. The Kier molecular flexibility index (Phi) is 4.56. The summed E-state index contributed by atoms with van der Waals surface area (Å²) < 4.78 is 12.8. The second-order valence-corrected chi connectivity index (χ2v) is 5.86. The average Bonchev–Trinajstić information content (AvgIpc) is 2.98. The van der Waals surface area contributed by atoms with Crippen LogP contribution in [0.25, 0.3) is 5.95 Å². The van der Waals surface area contributed by atoms with Crippen molar-refractivity contribution in [1.82, 2.24) is 29.7 Å². The number of hydrogen-bond donors (Lipinski definition) is 2. The first-order valence-corrected chi connectivity index (χ1v) is 7.57. The lowest BCUT2D eigenvalue weighted by molar-refractivity contribution is 0.678. The summed E-state index contributed by atoms with van der Waals surface area (Å²) >= 11 is 0. The molecule has 0 saturated heterocycles. The number of anilines is 2. The Bertz CT molecular complexity index is 587. The molecule has 10 heteroatoms. The van der Waals surface area contributed by atoms with Gasteiger partial charge >= 0.3 is 0 Å². The third-order valence-electron chi connectivity index (χ3n) is 2.59. The molecule has 2 aromatic rings. The van der Waals surface area contributed by atoms with Gasteiger partial charge in [0.2, 0.25) is 11.9 Å². The zero-order valence-corrected chi connectivity index (χ0v) is 12.3. The van der Waals surface area contributed by atoms with Crippen LogP contribution in [0, 0.1) is 0 Å². The normalized spacial score (nSPS) is 13.8. The summed E-state index contributed by atoms with van der Waals surface area (Å²) in [5.41, 5.74) is 0. The molecule has 0 aliphatic carbocycles. The molecule has 9 nitrogen and oxygen atoms in total. The molecule has 2 aromatic heterocycles. The molecule has 2 unspecified atom stereocenters. The minimum Gasteiger partial charge on any atom is -0.357 e. The number of nitrogens with zero attached hydrogens (tertiary/aromatic N) is 6. The van der Waals surface area contributed by atoms with E-state index in [1.165, 1.54) is 17.3 Å². The first-order chi connectivity index (χ1) is 9.60. The lowest BCUT2D eigenvalue weighted by atomic mass is 10.5. The second kappa shape index (κ2) is 6.37. The number of rotatable bonds is 6. The Balaban J connectivity index is 2.20. The predicted octanol–water partition coefficient (Wildman–Crippen LogP) is -0.327. The number of hydrogen-bond acceptors (Lipinski definition) is 8. The summed E-state index contributed by atoms with van der Waals surface area (Å²) in [7, 11) is 0.813. The van der Waals surface area contributed by atoms with Gasteiger partial charge in [-0.3, -0.25) is 4.21 Å². The highest BCUT2D eigenvalue weighted by atomic mass is 32.2. The van der Waals surface area contributed by atoms with E-state index in [0.29, 0.717) is 24.4 Å². The minimum absolute atomic E-state index is 0.000351. The van der Waals surface area contributed by atoms with Gasteiger partial charge in [-0.15, -0.1) is 0 Å². The smallest absolute Gasteiger partial charge is 0.258 e. The van der Waals surface area contributed by atoms with Gasteiger partial charge in [0.15, 0.2) is 0 Å². The van der Waals surface area contributed by atoms with Crippen LogP contribution in [0.3, 0.4) is 0 Å². The first-order valence-electron chi connectivity index (χ1n) is 5.95. The van der Waals surface area contributed by atoms with Crippen molar-refractivity contribution in [3.8, 4) is 5.95 Å². The summed E-state index contributed by atoms with van der Waals surface area (Å²) in [4.78, 5) is 16.5. The summed E-state index contributed by atoms with van der Waals surface area (Å²) in [5, 5.41) is 9.88. The first kappa shape index (κ1) is 14.3. The quantitative estimate of drug-likeness (QED) is 0.745. The third-order valence-corrected chi connectivity index (χ3v) is 3.89. The van der Waals surface area contributed by atoms with Crippen molar-refractivity contribution in [3.63, 3.8) is 0 Å². The van der Waals surface area contributed by atoms with Crippen molar-refractivity contribution in [1.29, 1.82) is 0 Å². The molecule has 0 bridgehead atoms. The fourth-order valence-electron chi connectivity index (χ4n) is 1.32. The van der Waals surface area contributed by atoms with E-state index in [4.69, 9.17) is 0 Å². The average molecular weight is 296 g/mol. The molecule has 0 amide bonds. The van der Waals surface area contributed by atoms with Gasteiger partial charge in [-0.25, -0.2) is 4.98 Å². The summed E-state index contributed by atoms with van der Waals surface area (Å²) in [6, 6.07) is 0. The van der Waals surface area contributed by atoms with Crippen LogP contribution in [0.5, 0.6) is 0 Å². The van der Waals surface area contributed by atoms with Gasteiger partial charge in [-0.2, -0.15) is 24.7 Å². The second-order valence-electron chi connectivity index (χ2n) is 4.06. The maximum absolute atomic E-state index is 11.3. The van der Waals surface area contributed by atoms with Crippen LogP contribution in [0.1, 0.15) is 6.92 Å². The third kappa shape index (κ3) is 3.47. The Hall–Kier alpha value is -2.10. The van der Waals surface area contributed by atoms with Crippen LogP contribution in [0.2, 0.25) is 0 Å². The van der Waals surface area contributed by atoms with Crippen LogP contribution >= 0.6 is 0 Å². The molecule has 0 radical (unpaired) electrons. The highest BCUT2D eigenvalue weighted by Gasteiger charge is 2.10. The molecule has 0 spiro atoms. The molecular weight excluding hydrogens is 280 g/mol. The van der Waals surface area contributed by atoms with E-state index in [-0.39, 0.29) is 5.25 Å². The van der Waals surface area contributed by atoms with Crippen LogP contribution in [-0.2, 0) is 10.8 Å². The highest BCUT2D eigenvalue weighted by Crippen LogP contribution is 2.08. The van der Waals surface area contributed by atoms with Gasteiger partial charge in [-0.1, -0.05) is 0 Å².